The van der Waals surface area contributed by atoms with E-state index in [0.29, 0.717) is 18.4 Å². The lowest BCUT2D eigenvalue weighted by atomic mass is 10.1. The van der Waals surface area contributed by atoms with Crippen molar-refractivity contribution in [1.82, 2.24) is 10.1 Å². The molecular weight excluding hydrogens is 170 g/mol. The summed E-state index contributed by atoms with van der Waals surface area (Å²) in [4.78, 5) is 4.01. The van der Waals surface area contributed by atoms with E-state index in [1.165, 1.54) is 0 Å². The number of anilines is 1. The van der Waals surface area contributed by atoms with Crippen LogP contribution in [0, 0.1) is 12.3 Å². The molecule has 0 bridgehead atoms. The molecule has 5 heteroatoms. The Kier molecular flexibility index (Phi) is 1.95. The van der Waals surface area contributed by atoms with E-state index < -0.39 is 0 Å². The van der Waals surface area contributed by atoms with Crippen molar-refractivity contribution >= 4 is 6.01 Å². The summed E-state index contributed by atoms with van der Waals surface area (Å²) in [5, 5.41) is 15.7. The van der Waals surface area contributed by atoms with Gasteiger partial charge >= 0.3 is 6.01 Å². The van der Waals surface area contributed by atoms with Crippen molar-refractivity contribution in [2.24, 2.45) is 5.41 Å². The summed E-state index contributed by atoms with van der Waals surface area (Å²) in [6, 6.07) is 0.442. The molecule has 1 fully saturated rings. The highest BCUT2D eigenvalue weighted by Gasteiger charge is 2.41. The second-order valence-electron chi connectivity index (χ2n) is 3.66. The number of aliphatic hydroxyl groups is 1. The Morgan fingerprint density at radius 2 is 2.38 bits per heavy atom. The van der Waals surface area contributed by atoms with Crippen LogP contribution < -0.4 is 5.32 Å². The summed E-state index contributed by atoms with van der Waals surface area (Å²) < 4.78 is 4.88. The monoisotopic (exact) mass is 183 g/mol. The molecule has 1 aromatic heterocycles. The molecule has 0 unspecified atom stereocenters. The summed E-state index contributed by atoms with van der Waals surface area (Å²) in [6.07, 6.45) is 2.15. The molecule has 1 aromatic rings. The van der Waals surface area contributed by atoms with Crippen molar-refractivity contribution in [3.8, 4) is 0 Å². The first-order chi connectivity index (χ1) is 6.24. The van der Waals surface area contributed by atoms with Gasteiger partial charge < -0.3 is 14.9 Å². The van der Waals surface area contributed by atoms with Gasteiger partial charge in [0.25, 0.3) is 0 Å². The average molecular weight is 183 g/mol. The van der Waals surface area contributed by atoms with Gasteiger partial charge in [0.05, 0.1) is 6.61 Å². The number of aryl methyl sites for hydroxylation is 1. The molecule has 0 atom stereocenters. The van der Waals surface area contributed by atoms with Gasteiger partial charge in [-0.1, -0.05) is 5.16 Å². The van der Waals surface area contributed by atoms with Crippen LogP contribution in [0.25, 0.3) is 0 Å². The van der Waals surface area contributed by atoms with Gasteiger partial charge in [0.1, 0.15) is 0 Å². The van der Waals surface area contributed by atoms with E-state index in [2.05, 4.69) is 15.5 Å². The number of nitrogens with one attached hydrogen (secondary N) is 1. The normalized spacial score (nSPS) is 18.6. The molecule has 72 valence electrons. The highest BCUT2D eigenvalue weighted by Crippen LogP contribution is 2.44. The molecule has 1 saturated carbocycles. The number of aromatic nitrogens is 2. The van der Waals surface area contributed by atoms with E-state index in [1.807, 2.05) is 0 Å². The summed E-state index contributed by atoms with van der Waals surface area (Å²) in [5.41, 5.74) is 0.0718. The third-order valence-corrected chi connectivity index (χ3v) is 2.43. The number of hydrogen-bond acceptors (Lipinski definition) is 5. The fraction of sp³-hybridized carbons (Fsp3) is 0.750. The Hall–Kier alpha value is -1.10. The van der Waals surface area contributed by atoms with Crippen molar-refractivity contribution in [3.63, 3.8) is 0 Å². The molecule has 5 nitrogen and oxygen atoms in total. The summed E-state index contributed by atoms with van der Waals surface area (Å²) in [6.45, 7) is 2.71. The van der Waals surface area contributed by atoms with Gasteiger partial charge in [-0.2, -0.15) is 4.98 Å². The third kappa shape index (κ3) is 1.80. The Bertz CT molecular complexity index is 293. The Morgan fingerprint density at radius 3 is 2.85 bits per heavy atom. The van der Waals surface area contributed by atoms with E-state index in [-0.39, 0.29) is 12.0 Å². The van der Waals surface area contributed by atoms with Gasteiger partial charge in [-0.05, 0) is 19.8 Å². The molecule has 2 N–H and O–H groups in total. The average Bonchev–Trinajstić information content (AvgIpc) is 2.81. The number of aliphatic hydroxyl groups excluding tert-OH is 1. The summed E-state index contributed by atoms with van der Waals surface area (Å²) in [5.74, 6) is 0.622. The lowest BCUT2D eigenvalue weighted by molar-refractivity contribution is 0.219. The zero-order valence-corrected chi connectivity index (χ0v) is 7.58. The SMILES string of the molecule is Cc1noc(NCC2(CO)CC2)n1. The fourth-order valence-electron chi connectivity index (χ4n) is 1.20. The Labute approximate surface area is 76.1 Å². The highest BCUT2D eigenvalue weighted by molar-refractivity contribution is 5.20. The van der Waals surface area contributed by atoms with Crippen molar-refractivity contribution in [2.45, 2.75) is 19.8 Å². The van der Waals surface area contributed by atoms with E-state index >= 15 is 0 Å². The minimum absolute atomic E-state index is 0.0718. The first-order valence-electron chi connectivity index (χ1n) is 4.39. The molecular formula is C8H13N3O2. The van der Waals surface area contributed by atoms with E-state index in [4.69, 9.17) is 9.63 Å². The first kappa shape index (κ1) is 8.50. The molecule has 0 saturated heterocycles. The van der Waals surface area contributed by atoms with Crippen LogP contribution in [-0.2, 0) is 0 Å². The second-order valence-corrected chi connectivity index (χ2v) is 3.66. The highest BCUT2D eigenvalue weighted by atomic mass is 16.5. The van der Waals surface area contributed by atoms with Crippen LogP contribution in [0.4, 0.5) is 6.01 Å². The quantitative estimate of drug-likeness (QED) is 0.713. The fourth-order valence-corrected chi connectivity index (χ4v) is 1.20. The van der Waals surface area contributed by atoms with Gasteiger partial charge in [0, 0.05) is 12.0 Å². The number of hydrogen-bond donors (Lipinski definition) is 2. The van der Waals surface area contributed by atoms with Gasteiger partial charge in [-0.15, -0.1) is 0 Å². The van der Waals surface area contributed by atoms with Crippen molar-refractivity contribution < 1.29 is 9.63 Å². The van der Waals surface area contributed by atoms with Crippen LogP contribution in [0.5, 0.6) is 0 Å². The van der Waals surface area contributed by atoms with Gasteiger partial charge in [-0.25, -0.2) is 0 Å². The summed E-state index contributed by atoms with van der Waals surface area (Å²) in [7, 11) is 0. The minimum atomic E-state index is 0.0718. The standard InChI is InChI=1S/C8H13N3O2/c1-6-10-7(13-11-6)9-4-8(5-12)2-3-8/h12H,2-5H2,1H3,(H,9,10,11). The van der Waals surface area contributed by atoms with Crippen molar-refractivity contribution in [3.05, 3.63) is 5.82 Å². The predicted octanol–water partition coefficient (Wildman–Crippen LogP) is 0.562. The second kappa shape index (κ2) is 2.99. The van der Waals surface area contributed by atoms with Crippen molar-refractivity contribution in [2.75, 3.05) is 18.5 Å². The molecule has 0 aromatic carbocycles. The molecule has 0 spiro atoms. The van der Waals surface area contributed by atoms with Crippen LogP contribution in [-0.4, -0.2) is 28.4 Å². The zero-order chi connectivity index (χ0) is 9.31. The zero-order valence-electron chi connectivity index (χ0n) is 7.58. The molecule has 0 amide bonds. The van der Waals surface area contributed by atoms with Gasteiger partial charge in [0.2, 0.25) is 0 Å². The van der Waals surface area contributed by atoms with E-state index in [0.717, 1.165) is 12.8 Å². The van der Waals surface area contributed by atoms with Gasteiger partial charge in [-0.3, -0.25) is 0 Å². The van der Waals surface area contributed by atoms with Crippen LogP contribution >= 0.6 is 0 Å². The molecule has 1 aliphatic rings. The lowest BCUT2D eigenvalue weighted by Crippen LogP contribution is -2.19. The first-order valence-corrected chi connectivity index (χ1v) is 4.39. The maximum atomic E-state index is 9.03. The third-order valence-electron chi connectivity index (χ3n) is 2.43. The Morgan fingerprint density at radius 1 is 1.62 bits per heavy atom. The predicted molar refractivity (Wildman–Crippen MR) is 46.3 cm³/mol. The maximum Gasteiger partial charge on any atom is 0.321 e. The molecule has 0 radical (unpaired) electrons. The molecule has 2 rings (SSSR count). The van der Waals surface area contributed by atoms with Crippen molar-refractivity contribution in [1.29, 1.82) is 0 Å². The van der Waals surface area contributed by atoms with E-state index in [1.54, 1.807) is 6.92 Å². The lowest BCUT2D eigenvalue weighted by Gasteiger charge is -2.09. The van der Waals surface area contributed by atoms with E-state index in [9.17, 15) is 0 Å². The van der Waals surface area contributed by atoms with Crippen LogP contribution in [0.2, 0.25) is 0 Å². The molecule has 1 aliphatic carbocycles. The minimum Gasteiger partial charge on any atom is -0.396 e. The number of nitrogens with zero attached hydrogens (tertiary/aromatic N) is 2. The van der Waals surface area contributed by atoms with Gasteiger partial charge in [0.15, 0.2) is 5.82 Å². The van der Waals surface area contributed by atoms with Crippen LogP contribution in [0.1, 0.15) is 18.7 Å². The topological polar surface area (TPSA) is 71.2 Å². The smallest absolute Gasteiger partial charge is 0.321 e. The largest absolute Gasteiger partial charge is 0.396 e. The maximum absolute atomic E-state index is 9.03. The Balaban J connectivity index is 1.86. The number of rotatable bonds is 4. The van der Waals surface area contributed by atoms with Crippen LogP contribution in [0.15, 0.2) is 4.52 Å². The molecule has 13 heavy (non-hydrogen) atoms. The van der Waals surface area contributed by atoms with Crippen LogP contribution in [0.3, 0.4) is 0 Å². The molecule has 0 aliphatic heterocycles. The molecule has 1 heterocycles. The summed E-state index contributed by atoms with van der Waals surface area (Å²) >= 11 is 0.